The lowest BCUT2D eigenvalue weighted by Crippen LogP contribution is -2.46. The van der Waals surface area contributed by atoms with Crippen molar-refractivity contribution < 1.29 is 9.90 Å². The molecule has 0 aromatic heterocycles. The first-order valence-corrected chi connectivity index (χ1v) is 6.85. The molecular weight excluding hydrogens is 222 g/mol. The summed E-state index contributed by atoms with van der Waals surface area (Å²) in [6.45, 7) is 0.937. The van der Waals surface area contributed by atoms with E-state index >= 15 is 0 Å². The molecule has 2 rings (SSSR count). The van der Waals surface area contributed by atoms with E-state index in [9.17, 15) is 9.90 Å². The van der Waals surface area contributed by atoms with E-state index in [1.165, 1.54) is 0 Å². The minimum absolute atomic E-state index is 0.0666. The van der Waals surface area contributed by atoms with Crippen LogP contribution in [-0.2, 0) is 4.79 Å². The summed E-state index contributed by atoms with van der Waals surface area (Å²) in [6.07, 6.45) is 6.08. The predicted molar refractivity (Wildman–Crippen MR) is 66.6 cm³/mol. The fourth-order valence-corrected chi connectivity index (χ4v) is 2.94. The van der Waals surface area contributed by atoms with E-state index in [1.807, 2.05) is 4.90 Å². The second kappa shape index (κ2) is 4.96. The minimum atomic E-state index is 0.0666. The SMILES string of the molecule is O=C(CC1(CS)CC1)N1CCCCC1CO. The van der Waals surface area contributed by atoms with Crippen LogP contribution in [-0.4, -0.2) is 40.9 Å². The van der Waals surface area contributed by atoms with Crippen LogP contribution in [0.4, 0.5) is 0 Å². The molecule has 92 valence electrons. The van der Waals surface area contributed by atoms with E-state index in [0.29, 0.717) is 6.42 Å². The number of likely N-dealkylation sites (tertiary alicyclic amines) is 1. The molecule has 3 nitrogen and oxygen atoms in total. The highest BCUT2D eigenvalue weighted by molar-refractivity contribution is 7.80. The molecule has 1 saturated carbocycles. The van der Waals surface area contributed by atoms with Crippen molar-refractivity contribution in [2.45, 2.75) is 44.6 Å². The molecule has 1 N–H and O–H groups in total. The topological polar surface area (TPSA) is 40.5 Å². The Balaban J connectivity index is 1.92. The summed E-state index contributed by atoms with van der Waals surface area (Å²) in [7, 11) is 0. The van der Waals surface area contributed by atoms with Crippen molar-refractivity contribution in [1.29, 1.82) is 0 Å². The van der Waals surface area contributed by atoms with E-state index < -0.39 is 0 Å². The molecule has 0 spiro atoms. The number of thiol groups is 1. The van der Waals surface area contributed by atoms with Gasteiger partial charge in [0.2, 0.25) is 5.91 Å². The molecule has 1 amide bonds. The number of piperidine rings is 1. The van der Waals surface area contributed by atoms with Crippen molar-refractivity contribution in [2.24, 2.45) is 5.41 Å². The van der Waals surface area contributed by atoms with Gasteiger partial charge in [-0.15, -0.1) is 0 Å². The fourth-order valence-electron chi connectivity index (χ4n) is 2.51. The summed E-state index contributed by atoms with van der Waals surface area (Å²) in [4.78, 5) is 14.1. The summed E-state index contributed by atoms with van der Waals surface area (Å²) in [6, 6.07) is 0.0666. The molecular formula is C12H21NO2S. The first-order valence-electron chi connectivity index (χ1n) is 6.22. The zero-order valence-electron chi connectivity index (χ0n) is 9.69. The van der Waals surface area contributed by atoms with Gasteiger partial charge >= 0.3 is 0 Å². The number of aliphatic hydroxyl groups is 1. The van der Waals surface area contributed by atoms with Crippen LogP contribution in [0.5, 0.6) is 0 Å². The van der Waals surface area contributed by atoms with Gasteiger partial charge in [0.15, 0.2) is 0 Å². The zero-order valence-corrected chi connectivity index (χ0v) is 10.6. The standard InChI is InChI=1S/C12H21NO2S/c14-8-10-3-1-2-6-13(10)11(15)7-12(9-16)4-5-12/h10,14,16H,1-9H2. The highest BCUT2D eigenvalue weighted by Crippen LogP contribution is 2.50. The molecule has 0 aromatic rings. The van der Waals surface area contributed by atoms with E-state index in [4.69, 9.17) is 0 Å². The predicted octanol–water partition coefficient (Wildman–Crippen LogP) is 1.46. The van der Waals surface area contributed by atoms with Gasteiger partial charge in [0.25, 0.3) is 0 Å². The molecule has 1 aliphatic heterocycles. The maximum atomic E-state index is 12.2. The van der Waals surface area contributed by atoms with E-state index in [0.717, 1.165) is 44.4 Å². The third-order valence-corrected chi connectivity index (χ3v) is 4.65. The van der Waals surface area contributed by atoms with Gasteiger partial charge in [0, 0.05) is 13.0 Å². The highest BCUT2D eigenvalue weighted by atomic mass is 32.1. The van der Waals surface area contributed by atoms with Gasteiger partial charge in [-0.25, -0.2) is 0 Å². The second-order valence-corrected chi connectivity index (χ2v) is 5.57. The molecule has 0 radical (unpaired) electrons. The second-order valence-electron chi connectivity index (χ2n) is 5.25. The Bertz CT molecular complexity index is 266. The monoisotopic (exact) mass is 243 g/mol. The smallest absolute Gasteiger partial charge is 0.223 e. The minimum Gasteiger partial charge on any atom is -0.394 e. The number of carbonyl (C=O) groups excluding carboxylic acids is 1. The molecule has 16 heavy (non-hydrogen) atoms. The van der Waals surface area contributed by atoms with Crippen molar-refractivity contribution in [2.75, 3.05) is 18.9 Å². The molecule has 0 aromatic carbocycles. The quantitative estimate of drug-likeness (QED) is 0.734. The molecule has 0 bridgehead atoms. The van der Waals surface area contributed by atoms with Crippen LogP contribution in [0.3, 0.4) is 0 Å². The van der Waals surface area contributed by atoms with Crippen LogP contribution in [0.25, 0.3) is 0 Å². The van der Waals surface area contributed by atoms with Gasteiger partial charge in [0.1, 0.15) is 0 Å². The van der Waals surface area contributed by atoms with Crippen LogP contribution in [0.2, 0.25) is 0 Å². The lowest BCUT2D eigenvalue weighted by atomic mass is 9.99. The number of carbonyl (C=O) groups is 1. The van der Waals surface area contributed by atoms with Gasteiger partial charge in [-0.05, 0) is 43.3 Å². The highest BCUT2D eigenvalue weighted by Gasteiger charge is 2.44. The summed E-state index contributed by atoms with van der Waals surface area (Å²) < 4.78 is 0. The van der Waals surface area contributed by atoms with Gasteiger partial charge in [0.05, 0.1) is 12.6 Å². The maximum absolute atomic E-state index is 12.2. The Labute approximate surface area is 103 Å². The molecule has 1 unspecified atom stereocenters. The van der Waals surface area contributed by atoms with Crippen molar-refractivity contribution in [1.82, 2.24) is 4.90 Å². The molecule has 1 aliphatic carbocycles. The first kappa shape index (κ1) is 12.2. The number of amides is 1. The van der Waals surface area contributed by atoms with Crippen LogP contribution in [0.1, 0.15) is 38.5 Å². The van der Waals surface area contributed by atoms with Gasteiger partial charge in [-0.1, -0.05) is 0 Å². The number of aliphatic hydroxyl groups excluding tert-OH is 1. The van der Waals surface area contributed by atoms with Crippen LogP contribution in [0.15, 0.2) is 0 Å². The molecule has 2 aliphatic rings. The fraction of sp³-hybridized carbons (Fsp3) is 0.917. The molecule has 1 saturated heterocycles. The van der Waals surface area contributed by atoms with E-state index in [1.54, 1.807) is 0 Å². The van der Waals surface area contributed by atoms with Crippen LogP contribution in [0, 0.1) is 5.41 Å². The van der Waals surface area contributed by atoms with Gasteiger partial charge in [-0.3, -0.25) is 4.79 Å². The van der Waals surface area contributed by atoms with Gasteiger partial charge in [-0.2, -0.15) is 12.6 Å². The van der Waals surface area contributed by atoms with E-state index in [-0.39, 0.29) is 24.0 Å². The van der Waals surface area contributed by atoms with Crippen molar-refractivity contribution in [3.8, 4) is 0 Å². The van der Waals surface area contributed by atoms with Crippen molar-refractivity contribution in [3.63, 3.8) is 0 Å². The van der Waals surface area contributed by atoms with Crippen LogP contribution >= 0.6 is 12.6 Å². The molecule has 2 fully saturated rings. The molecule has 1 heterocycles. The number of nitrogens with zero attached hydrogens (tertiary/aromatic N) is 1. The number of hydrogen-bond acceptors (Lipinski definition) is 3. The van der Waals surface area contributed by atoms with Gasteiger partial charge < -0.3 is 10.0 Å². The normalized spacial score (nSPS) is 27.9. The summed E-state index contributed by atoms with van der Waals surface area (Å²) in [5.74, 6) is 1.04. The maximum Gasteiger partial charge on any atom is 0.223 e. The number of hydrogen-bond donors (Lipinski definition) is 2. The average molecular weight is 243 g/mol. The van der Waals surface area contributed by atoms with Crippen molar-refractivity contribution in [3.05, 3.63) is 0 Å². The lowest BCUT2D eigenvalue weighted by molar-refractivity contribution is -0.137. The van der Waals surface area contributed by atoms with Crippen LogP contribution < -0.4 is 0 Å². The largest absolute Gasteiger partial charge is 0.394 e. The first-order chi connectivity index (χ1) is 7.71. The summed E-state index contributed by atoms with van der Waals surface area (Å²) in [5, 5.41) is 9.27. The summed E-state index contributed by atoms with van der Waals surface area (Å²) in [5.41, 5.74) is 0.192. The Kier molecular flexibility index (Phi) is 3.80. The zero-order chi connectivity index (χ0) is 11.6. The lowest BCUT2D eigenvalue weighted by Gasteiger charge is -2.35. The molecule has 1 atom stereocenters. The summed E-state index contributed by atoms with van der Waals surface area (Å²) >= 11 is 4.33. The Morgan fingerprint density at radius 3 is 2.75 bits per heavy atom. The average Bonchev–Trinajstić information content (AvgIpc) is 3.09. The third-order valence-electron chi connectivity index (χ3n) is 3.98. The molecule has 4 heteroatoms. The third kappa shape index (κ3) is 2.54. The van der Waals surface area contributed by atoms with Crippen molar-refractivity contribution >= 4 is 18.5 Å². The Morgan fingerprint density at radius 2 is 2.19 bits per heavy atom. The van der Waals surface area contributed by atoms with E-state index in [2.05, 4.69) is 12.6 Å². The Morgan fingerprint density at radius 1 is 1.44 bits per heavy atom. The Hall–Kier alpha value is -0.220. The number of rotatable bonds is 4.